The summed E-state index contributed by atoms with van der Waals surface area (Å²) in [5, 5.41) is 7.82. The lowest BCUT2D eigenvalue weighted by atomic mass is 10.4. The van der Waals surface area contributed by atoms with Crippen LogP contribution < -0.4 is 14.5 Å². The van der Waals surface area contributed by atoms with Gasteiger partial charge in [-0.15, -0.1) is 0 Å². The van der Waals surface area contributed by atoms with E-state index in [0.717, 1.165) is 5.12 Å². The average molecular weight is 350 g/mol. The number of morpholine rings is 2. The Bertz CT molecular complexity index is 617. The Labute approximate surface area is 143 Å². The van der Waals surface area contributed by atoms with Crippen LogP contribution in [0.4, 0.5) is 11.9 Å². The monoisotopic (exact) mass is 350 g/mol. The van der Waals surface area contributed by atoms with Crippen LogP contribution in [0.15, 0.2) is 10.4 Å². The van der Waals surface area contributed by atoms with Gasteiger partial charge in [0.25, 0.3) is 0 Å². The molecule has 2 fully saturated rings. The molecule has 0 saturated carbocycles. The minimum absolute atomic E-state index is 0.105. The molecule has 1 aromatic rings. The van der Waals surface area contributed by atoms with Gasteiger partial charge in [-0.25, -0.2) is 0 Å². The van der Waals surface area contributed by atoms with Crippen LogP contribution in [0.2, 0.25) is 0 Å². The number of aromatic nitrogens is 3. The van der Waals surface area contributed by atoms with E-state index in [9.17, 15) is 4.79 Å². The van der Waals surface area contributed by atoms with Crippen molar-refractivity contribution < 1.29 is 19.0 Å². The second-order valence-corrected chi connectivity index (χ2v) is 5.57. The maximum absolute atomic E-state index is 11.6. The van der Waals surface area contributed by atoms with Crippen LogP contribution in [0.3, 0.4) is 0 Å². The zero-order chi connectivity index (χ0) is 17.1. The highest BCUT2D eigenvalue weighted by Gasteiger charge is 2.24. The van der Waals surface area contributed by atoms with Crippen LogP contribution in [0.25, 0.3) is 0 Å². The van der Waals surface area contributed by atoms with Gasteiger partial charge in [0.1, 0.15) is 0 Å². The quantitative estimate of drug-likeness (QED) is 0.662. The first-order valence-corrected chi connectivity index (χ1v) is 8.08. The lowest BCUT2D eigenvalue weighted by Crippen LogP contribution is -2.40. The molecule has 0 aromatic carbocycles. The molecule has 12 nitrogen and oxygen atoms in total. The van der Waals surface area contributed by atoms with Crippen molar-refractivity contribution in [1.82, 2.24) is 20.1 Å². The van der Waals surface area contributed by atoms with E-state index >= 15 is 0 Å². The number of ether oxygens (including phenoxy) is 3. The van der Waals surface area contributed by atoms with Crippen LogP contribution >= 0.6 is 0 Å². The minimum Gasteiger partial charge on any atom is -0.453 e. The van der Waals surface area contributed by atoms with Gasteiger partial charge in [-0.3, -0.25) is 4.79 Å². The summed E-state index contributed by atoms with van der Waals surface area (Å²) in [6, 6.07) is 0.105. The molecule has 12 heteroatoms. The molecule has 0 aliphatic carbocycles. The summed E-state index contributed by atoms with van der Waals surface area (Å²) < 4.78 is 16.2. The summed E-state index contributed by atoms with van der Waals surface area (Å²) in [7, 11) is 0. The molecule has 4 heterocycles. The molecular formula is C13H18N8O4. The lowest BCUT2D eigenvalue weighted by molar-refractivity contribution is -0.129. The predicted octanol–water partition coefficient (Wildman–Crippen LogP) is -0.952. The van der Waals surface area contributed by atoms with Gasteiger partial charge in [-0.2, -0.15) is 15.0 Å². The summed E-state index contributed by atoms with van der Waals surface area (Å²) in [6.07, 6.45) is 0. The fourth-order valence-electron chi connectivity index (χ4n) is 2.51. The van der Waals surface area contributed by atoms with Crippen molar-refractivity contribution in [3.05, 3.63) is 0 Å². The van der Waals surface area contributed by atoms with Crippen LogP contribution in [-0.2, 0) is 14.3 Å². The van der Waals surface area contributed by atoms with Gasteiger partial charge in [-0.1, -0.05) is 5.12 Å². The highest BCUT2D eigenvalue weighted by atomic mass is 16.5. The van der Waals surface area contributed by atoms with Crippen molar-refractivity contribution in [1.29, 1.82) is 0 Å². The number of rotatable bonds is 5. The van der Waals surface area contributed by atoms with E-state index in [-0.39, 0.29) is 18.5 Å². The van der Waals surface area contributed by atoms with E-state index in [0.29, 0.717) is 64.5 Å². The maximum Gasteiger partial charge on any atom is 0.323 e. The van der Waals surface area contributed by atoms with Gasteiger partial charge in [0.05, 0.1) is 26.4 Å². The Morgan fingerprint density at radius 2 is 1.40 bits per heavy atom. The molecule has 0 spiro atoms. The van der Waals surface area contributed by atoms with Crippen LogP contribution in [0, 0.1) is 0 Å². The topological polar surface area (TPSA) is 118 Å². The van der Waals surface area contributed by atoms with E-state index < -0.39 is 0 Å². The van der Waals surface area contributed by atoms with Crippen LogP contribution in [0.5, 0.6) is 6.01 Å². The smallest absolute Gasteiger partial charge is 0.323 e. The van der Waals surface area contributed by atoms with Gasteiger partial charge < -0.3 is 24.0 Å². The number of amides is 1. The van der Waals surface area contributed by atoms with E-state index in [1.54, 1.807) is 0 Å². The summed E-state index contributed by atoms with van der Waals surface area (Å²) >= 11 is 0. The first-order valence-electron chi connectivity index (χ1n) is 8.08. The molecule has 0 bridgehead atoms. The number of hydrogen-bond donors (Lipinski definition) is 0. The highest BCUT2D eigenvalue weighted by Crippen LogP contribution is 2.20. The van der Waals surface area contributed by atoms with Crippen molar-refractivity contribution in [3.8, 4) is 6.01 Å². The molecule has 2 saturated heterocycles. The number of nitrogens with zero attached hydrogens (tertiary/aromatic N) is 8. The first-order chi connectivity index (χ1) is 12.3. The third-order valence-corrected chi connectivity index (χ3v) is 3.91. The van der Waals surface area contributed by atoms with Crippen molar-refractivity contribution >= 4 is 17.8 Å². The normalized spacial score (nSPS) is 19.9. The standard InChI is InChI=1S/C13H18N8O4/c22-10(21-17-18-21)9-25-13-15-11(19-1-5-23-6-2-19)14-12(16-13)20-3-7-24-8-4-20/h1-9H2. The van der Waals surface area contributed by atoms with Gasteiger partial charge in [-0.05, 0) is 10.4 Å². The molecule has 1 amide bonds. The second kappa shape index (κ2) is 7.11. The fraction of sp³-hybridized carbons (Fsp3) is 0.692. The third kappa shape index (κ3) is 3.91. The molecule has 3 aliphatic heterocycles. The Hall–Kier alpha value is -2.60. The van der Waals surface area contributed by atoms with Gasteiger partial charge in [0, 0.05) is 26.2 Å². The molecule has 0 unspecified atom stereocenters. The van der Waals surface area contributed by atoms with Crippen molar-refractivity contribution in [2.45, 2.75) is 0 Å². The zero-order valence-corrected chi connectivity index (χ0v) is 13.6. The van der Waals surface area contributed by atoms with E-state index in [4.69, 9.17) is 14.2 Å². The number of anilines is 2. The van der Waals surface area contributed by atoms with Crippen LogP contribution in [-0.4, -0.2) is 85.2 Å². The number of carbonyl (C=O) groups excluding carboxylic acids is 1. The van der Waals surface area contributed by atoms with Gasteiger partial charge in [0.15, 0.2) is 6.61 Å². The highest BCUT2D eigenvalue weighted by molar-refractivity contribution is 5.77. The minimum atomic E-state index is -0.374. The van der Waals surface area contributed by atoms with Crippen molar-refractivity contribution in [3.63, 3.8) is 0 Å². The molecule has 1 aromatic heterocycles. The molecule has 134 valence electrons. The largest absolute Gasteiger partial charge is 0.453 e. The predicted molar refractivity (Wildman–Crippen MR) is 83.1 cm³/mol. The SMILES string of the molecule is O=C(COc1nc(N2CCOCC2)nc(N2CCOCC2)n1)N1N=N1. The molecule has 0 radical (unpaired) electrons. The molecule has 4 rings (SSSR count). The molecule has 0 atom stereocenters. The Morgan fingerprint density at radius 1 is 0.880 bits per heavy atom. The van der Waals surface area contributed by atoms with E-state index in [2.05, 4.69) is 25.4 Å². The molecule has 25 heavy (non-hydrogen) atoms. The number of hydrogen-bond acceptors (Lipinski definition) is 11. The van der Waals surface area contributed by atoms with Crippen LogP contribution in [0.1, 0.15) is 0 Å². The lowest BCUT2D eigenvalue weighted by Gasteiger charge is -2.30. The maximum atomic E-state index is 11.6. The second-order valence-electron chi connectivity index (χ2n) is 5.57. The Kier molecular flexibility index (Phi) is 4.52. The van der Waals surface area contributed by atoms with Crippen molar-refractivity contribution in [2.75, 3.05) is 69.0 Å². The summed E-state index contributed by atoms with van der Waals surface area (Å²) in [5.41, 5.74) is 0. The van der Waals surface area contributed by atoms with Gasteiger partial charge in [0.2, 0.25) is 11.9 Å². The summed E-state index contributed by atoms with van der Waals surface area (Å²) in [5.74, 6) is 0.660. The average Bonchev–Trinajstić information content (AvgIpc) is 3.53. The molecule has 0 N–H and O–H groups in total. The first kappa shape index (κ1) is 15.9. The summed E-state index contributed by atoms with van der Waals surface area (Å²) in [6.45, 7) is 4.99. The third-order valence-electron chi connectivity index (χ3n) is 3.91. The van der Waals surface area contributed by atoms with E-state index in [1.165, 1.54) is 0 Å². The zero-order valence-electron chi connectivity index (χ0n) is 13.6. The number of carbonyl (C=O) groups is 1. The molecular weight excluding hydrogens is 332 g/mol. The summed E-state index contributed by atoms with van der Waals surface area (Å²) in [4.78, 5) is 28.9. The Balaban J connectivity index is 1.53. The van der Waals surface area contributed by atoms with Crippen molar-refractivity contribution in [2.24, 2.45) is 10.4 Å². The fourth-order valence-corrected chi connectivity index (χ4v) is 2.51. The van der Waals surface area contributed by atoms with Gasteiger partial charge >= 0.3 is 11.9 Å². The Morgan fingerprint density at radius 3 is 1.88 bits per heavy atom. The molecule has 3 aliphatic rings. The van der Waals surface area contributed by atoms with E-state index in [1.807, 2.05) is 9.80 Å².